The van der Waals surface area contributed by atoms with Crippen molar-refractivity contribution in [2.45, 2.75) is 21.6 Å². The molecule has 0 bridgehead atoms. The number of carbonyl (C=O) groups excluding carboxylic acids is 1. The zero-order chi connectivity index (χ0) is 41.4. The van der Waals surface area contributed by atoms with Gasteiger partial charge >= 0.3 is 0 Å². The number of sulfonamides is 2. The number of benzene rings is 5. The minimum Gasteiger partial charge on any atom is -0.309 e. The molecule has 17 nitrogen and oxygen atoms in total. The van der Waals surface area contributed by atoms with E-state index in [1.54, 1.807) is 6.92 Å². The summed E-state index contributed by atoms with van der Waals surface area (Å²) in [4.78, 5) is 24.6. The highest BCUT2D eigenvalue weighted by atomic mass is 35.7. The van der Waals surface area contributed by atoms with Gasteiger partial charge in [0, 0.05) is 57.8 Å². The van der Waals surface area contributed by atoms with Crippen LogP contribution >= 0.6 is 22.3 Å². The van der Waals surface area contributed by atoms with Crippen molar-refractivity contribution in [1.82, 2.24) is 0 Å². The number of hydrogen-bond donors (Lipinski definition) is 2. The van der Waals surface area contributed by atoms with Crippen molar-refractivity contribution < 1.29 is 43.4 Å². The molecule has 1 amide bonds. The van der Waals surface area contributed by atoms with Crippen LogP contribution in [0.2, 0.25) is 5.02 Å². The van der Waals surface area contributed by atoms with Crippen molar-refractivity contribution in [1.29, 1.82) is 0 Å². The molecular formula is C33H28Cl2N6O11S4. The summed E-state index contributed by atoms with van der Waals surface area (Å²) in [5, 5.41) is 19.6. The largest absolute Gasteiger partial charge is 0.309 e. The fourth-order valence-electron chi connectivity index (χ4n) is 5.36. The number of anilines is 3. The lowest BCUT2D eigenvalue weighted by atomic mass is 10.0. The summed E-state index contributed by atoms with van der Waals surface area (Å²) in [5.74, 6) is -0.683. The number of halogens is 2. The van der Waals surface area contributed by atoms with Gasteiger partial charge in [-0.1, -0.05) is 29.8 Å². The lowest BCUT2D eigenvalue weighted by Crippen LogP contribution is -2.30. The Morgan fingerprint density at radius 2 is 1.43 bits per heavy atom. The third-order valence-electron chi connectivity index (χ3n) is 7.81. The summed E-state index contributed by atoms with van der Waals surface area (Å²) in [6.07, 6.45) is 1.78. The molecule has 0 fully saturated rings. The number of non-ortho nitro benzene ring substituents is 1. The molecule has 2 N–H and O–H groups in total. The van der Waals surface area contributed by atoms with Crippen LogP contribution in [0.15, 0.2) is 116 Å². The van der Waals surface area contributed by atoms with Gasteiger partial charge in [0.15, 0.2) is 9.84 Å². The summed E-state index contributed by atoms with van der Waals surface area (Å²) in [6, 6.07) is 18.3. The molecule has 0 spiro atoms. The van der Waals surface area contributed by atoms with Crippen molar-refractivity contribution in [3.05, 3.63) is 112 Å². The third-order valence-corrected chi connectivity index (χ3v) is 12.7. The van der Waals surface area contributed by atoms with Gasteiger partial charge < -0.3 is 4.90 Å². The normalized spacial score (nSPS) is 12.4. The minimum atomic E-state index is -4.57. The molecule has 56 heavy (non-hydrogen) atoms. The first-order valence-corrected chi connectivity index (χ1v) is 23.6. The first-order chi connectivity index (χ1) is 26.0. The van der Waals surface area contributed by atoms with Crippen molar-refractivity contribution >= 4 is 112 Å². The van der Waals surface area contributed by atoms with E-state index in [1.807, 2.05) is 0 Å². The molecule has 5 aromatic carbocycles. The van der Waals surface area contributed by atoms with E-state index >= 15 is 0 Å². The molecule has 0 aliphatic rings. The molecule has 5 rings (SSSR count). The van der Waals surface area contributed by atoms with Crippen LogP contribution in [0.1, 0.15) is 17.3 Å². The van der Waals surface area contributed by atoms with Crippen LogP contribution in [-0.2, 0) is 38.9 Å². The quantitative estimate of drug-likeness (QED) is 0.0528. The van der Waals surface area contributed by atoms with E-state index in [2.05, 4.69) is 19.7 Å². The number of hydrogen-bond acceptors (Lipinski definition) is 13. The maximum absolute atomic E-state index is 14.2. The Morgan fingerprint density at radius 1 is 0.804 bits per heavy atom. The highest BCUT2D eigenvalue weighted by Crippen LogP contribution is 2.42. The van der Waals surface area contributed by atoms with Gasteiger partial charge in [-0.15, -0.1) is 10.2 Å². The fourth-order valence-corrected chi connectivity index (χ4v) is 9.03. The van der Waals surface area contributed by atoms with Gasteiger partial charge in [0.25, 0.3) is 30.7 Å². The Hall–Kier alpha value is -5.19. The molecule has 0 saturated heterocycles. The first-order valence-electron chi connectivity index (χ1n) is 15.6. The average Bonchev–Trinajstić information content (AvgIpc) is 3.11. The number of amides is 1. The molecule has 294 valence electrons. The summed E-state index contributed by atoms with van der Waals surface area (Å²) in [6.45, 7) is 1.75. The molecule has 0 aliphatic carbocycles. The Kier molecular flexibility index (Phi) is 11.8. The van der Waals surface area contributed by atoms with Crippen LogP contribution in [0.3, 0.4) is 0 Å². The molecular weight excluding hydrogens is 856 g/mol. The van der Waals surface area contributed by atoms with Crippen molar-refractivity contribution in [3.63, 3.8) is 0 Å². The highest BCUT2D eigenvalue weighted by molar-refractivity contribution is 8.13. The molecule has 0 unspecified atom stereocenters. The number of nitro groups is 1. The number of sulfone groups is 1. The van der Waals surface area contributed by atoms with E-state index in [1.165, 1.54) is 59.5 Å². The van der Waals surface area contributed by atoms with E-state index in [4.69, 9.17) is 22.3 Å². The second-order valence-corrected chi connectivity index (χ2v) is 20.2. The standard InChI is InChI=1S/C33H28Cl2N6O11S4/c1-4-40(21-13-11-20(12-14-21)38-54(3,47)48)33(42)26-19-29(37-36-27-16-15-22(41(43)44)17-30(27)53(2,45)46)31-25(32(26)34)9-6-10-28(31)39-56(51,52)24-8-5-7-23(18-24)55(35,49)50/h5-19,38-39H,4H2,1-3H3. The number of rotatable bonds is 13. The van der Waals surface area contributed by atoms with E-state index in [-0.39, 0.29) is 50.7 Å². The molecule has 23 heteroatoms. The predicted molar refractivity (Wildman–Crippen MR) is 212 cm³/mol. The molecule has 5 aromatic rings. The van der Waals surface area contributed by atoms with E-state index in [9.17, 15) is 48.6 Å². The summed E-state index contributed by atoms with van der Waals surface area (Å²) in [5.41, 5.74) is -0.866. The van der Waals surface area contributed by atoms with Gasteiger partial charge in [-0.05, 0) is 67.6 Å². The molecule has 0 aromatic heterocycles. The van der Waals surface area contributed by atoms with Crippen LogP contribution in [0.5, 0.6) is 0 Å². The van der Waals surface area contributed by atoms with E-state index in [0.717, 1.165) is 48.9 Å². The van der Waals surface area contributed by atoms with Gasteiger partial charge in [0.2, 0.25) is 10.0 Å². The fraction of sp³-hybridized carbons (Fsp3) is 0.121. The van der Waals surface area contributed by atoms with Gasteiger partial charge in [-0.3, -0.25) is 24.4 Å². The number of nitrogens with one attached hydrogen (secondary N) is 2. The highest BCUT2D eigenvalue weighted by Gasteiger charge is 2.26. The Bertz CT molecular complexity index is 2910. The Morgan fingerprint density at radius 3 is 2.02 bits per heavy atom. The number of nitrogens with zero attached hydrogens (tertiary/aromatic N) is 4. The SMILES string of the molecule is CCN(C(=O)c1cc(N=Nc2ccc([N+](=O)[O-])cc2S(C)(=O)=O)c2c(NS(=O)(=O)c3cccc(S(=O)(=O)Cl)c3)cccc2c1Cl)c1ccc(NS(C)(=O)=O)cc1. The van der Waals surface area contributed by atoms with Crippen LogP contribution in [0, 0.1) is 10.1 Å². The van der Waals surface area contributed by atoms with Crippen molar-refractivity contribution in [3.8, 4) is 0 Å². The van der Waals surface area contributed by atoms with Gasteiger partial charge in [-0.25, -0.2) is 33.7 Å². The second kappa shape index (κ2) is 15.7. The summed E-state index contributed by atoms with van der Waals surface area (Å²) >= 11 is 6.88. The van der Waals surface area contributed by atoms with Crippen molar-refractivity contribution in [2.75, 3.05) is 33.4 Å². The topological polar surface area (TPSA) is 249 Å². The maximum Gasteiger partial charge on any atom is 0.270 e. The number of azo groups is 1. The molecule has 0 heterocycles. The Labute approximate surface area is 330 Å². The maximum atomic E-state index is 14.2. The Balaban J connectivity index is 1.72. The predicted octanol–water partition coefficient (Wildman–Crippen LogP) is 6.99. The lowest BCUT2D eigenvalue weighted by molar-refractivity contribution is -0.385. The van der Waals surface area contributed by atoms with Crippen molar-refractivity contribution in [2.24, 2.45) is 10.2 Å². The zero-order valence-corrected chi connectivity index (χ0v) is 33.8. The summed E-state index contributed by atoms with van der Waals surface area (Å²) in [7, 11) is -11.2. The molecule has 0 radical (unpaired) electrons. The molecule has 0 aliphatic heterocycles. The van der Waals surface area contributed by atoms with Crippen LogP contribution in [0.4, 0.5) is 34.1 Å². The average molecular weight is 884 g/mol. The minimum absolute atomic E-state index is 0.0374. The van der Waals surface area contributed by atoms with Gasteiger partial charge in [0.05, 0.1) is 42.9 Å². The third kappa shape index (κ3) is 9.42. The van der Waals surface area contributed by atoms with E-state index in [0.29, 0.717) is 5.69 Å². The smallest absolute Gasteiger partial charge is 0.270 e. The second-order valence-electron chi connectivity index (χ2n) is 11.9. The zero-order valence-electron chi connectivity index (χ0n) is 29.0. The van der Waals surface area contributed by atoms with Crippen LogP contribution in [0.25, 0.3) is 10.8 Å². The number of nitro benzene ring substituents is 1. The van der Waals surface area contributed by atoms with Crippen LogP contribution < -0.4 is 14.3 Å². The van der Waals surface area contributed by atoms with Gasteiger partial charge in [-0.2, -0.15) is 0 Å². The molecule has 0 saturated carbocycles. The number of fused-ring (bicyclic) bond motifs is 1. The monoisotopic (exact) mass is 882 g/mol. The van der Waals surface area contributed by atoms with E-state index < -0.39 is 70.1 Å². The lowest BCUT2D eigenvalue weighted by Gasteiger charge is -2.23. The van der Waals surface area contributed by atoms with Crippen LogP contribution in [-0.4, -0.2) is 63.6 Å². The van der Waals surface area contributed by atoms with Gasteiger partial charge in [0.1, 0.15) is 10.6 Å². The summed E-state index contributed by atoms with van der Waals surface area (Å²) < 4.78 is 105. The molecule has 0 atom stereocenters. The first kappa shape index (κ1) is 42.0. The number of carbonyl (C=O) groups is 1.